The molecule has 0 aromatic heterocycles. The summed E-state index contributed by atoms with van der Waals surface area (Å²) in [6, 6.07) is 7.22. The van der Waals surface area contributed by atoms with Gasteiger partial charge in [-0.05, 0) is 17.7 Å². The molecule has 0 radical (unpaired) electrons. The summed E-state index contributed by atoms with van der Waals surface area (Å²) in [5.74, 6) is -0.370. The number of carbonyl (C=O) groups excluding carboxylic acids is 1. The molecule has 1 atom stereocenters. The van der Waals surface area contributed by atoms with Gasteiger partial charge < -0.3 is 9.80 Å². The third-order valence-electron chi connectivity index (χ3n) is 3.01. The lowest BCUT2D eigenvalue weighted by Crippen LogP contribution is -2.37. The van der Waals surface area contributed by atoms with Gasteiger partial charge in [0.15, 0.2) is 0 Å². The Bertz CT molecular complexity index is 487. The number of hydrogen-bond donors (Lipinski definition) is 0. The van der Waals surface area contributed by atoms with Crippen LogP contribution in [0.4, 0.5) is 18.9 Å². The minimum Gasteiger partial charge on any atom is -0.378 e. The van der Waals surface area contributed by atoms with Crippen molar-refractivity contribution in [2.75, 3.05) is 31.3 Å². The summed E-state index contributed by atoms with van der Waals surface area (Å²) in [5, 5.41) is -0.555. The van der Waals surface area contributed by atoms with Crippen LogP contribution in [0, 0.1) is 0 Å². The molecule has 110 valence electrons. The van der Waals surface area contributed by atoms with Gasteiger partial charge in [-0.25, -0.2) is 0 Å². The highest BCUT2D eigenvalue weighted by Crippen LogP contribution is 2.40. The summed E-state index contributed by atoms with van der Waals surface area (Å²) < 4.78 is 37.6. The second-order valence-corrected chi connectivity index (χ2v) is 5.85. The Morgan fingerprint density at radius 1 is 1.30 bits per heavy atom. The van der Waals surface area contributed by atoms with Crippen LogP contribution in [0.5, 0.6) is 0 Å². The topological polar surface area (TPSA) is 23.6 Å². The minimum atomic E-state index is -4.37. The van der Waals surface area contributed by atoms with E-state index in [0.717, 1.165) is 16.2 Å². The predicted octanol–water partition coefficient (Wildman–Crippen LogP) is 2.89. The van der Waals surface area contributed by atoms with Crippen LogP contribution < -0.4 is 4.90 Å². The number of nitrogens with zero attached hydrogens (tertiary/aromatic N) is 2. The molecular formula is C13H15F3N2OS. The second-order valence-electron chi connectivity index (χ2n) is 4.79. The zero-order chi connectivity index (χ0) is 14.9. The van der Waals surface area contributed by atoms with Crippen molar-refractivity contribution in [3.8, 4) is 0 Å². The third-order valence-corrected chi connectivity index (χ3v) is 4.27. The number of benzene rings is 1. The molecule has 1 unspecified atom stereocenters. The standard InChI is InChI=1S/C13H15F3N2OS/c1-17(2)10-5-3-9(4-6-10)12-18(8-13(14,15)16)11(19)7-20-12/h3-6,12H,7-8H2,1-2H3. The fourth-order valence-electron chi connectivity index (χ4n) is 2.03. The highest BCUT2D eigenvalue weighted by Gasteiger charge is 2.40. The Kier molecular flexibility index (Phi) is 4.17. The van der Waals surface area contributed by atoms with Gasteiger partial charge in [-0.15, -0.1) is 11.8 Å². The average Bonchev–Trinajstić information content (AvgIpc) is 2.69. The van der Waals surface area contributed by atoms with Crippen LogP contribution in [0.25, 0.3) is 0 Å². The smallest absolute Gasteiger partial charge is 0.378 e. The maximum absolute atomic E-state index is 12.5. The van der Waals surface area contributed by atoms with Gasteiger partial charge >= 0.3 is 6.18 Å². The first-order valence-corrected chi connectivity index (χ1v) is 7.08. The van der Waals surface area contributed by atoms with Crippen molar-refractivity contribution >= 4 is 23.4 Å². The Hall–Kier alpha value is -1.37. The molecule has 2 rings (SSSR count). The molecule has 20 heavy (non-hydrogen) atoms. The first-order chi connectivity index (χ1) is 9.28. The van der Waals surface area contributed by atoms with Crippen LogP contribution in [0.15, 0.2) is 24.3 Å². The fourth-order valence-corrected chi connectivity index (χ4v) is 3.22. The number of rotatable bonds is 3. The summed E-state index contributed by atoms with van der Waals surface area (Å²) in [5.41, 5.74) is 1.68. The summed E-state index contributed by atoms with van der Waals surface area (Å²) >= 11 is 1.23. The summed E-state index contributed by atoms with van der Waals surface area (Å²) in [6.07, 6.45) is -4.37. The first-order valence-electron chi connectivity index (χ1n) is 6.03. The molecular weight excluding hydrogens is 289 g/mol. The summed E-state index contributed by atoms with van der Waals surface area (Å²) in [7, 11) is 3.78. The minimum absolute atomic E-state index is 0.0934. The van der Waals surface area contributed by atoms with Crippen molar-refractivity contribution in [2.45, 2.75) is 11.6 Å². The van der Waals surface area contributed by atoms with Gasteiger partial charge in [0.05, 0.1) is 5.75 Å². The maximum atomic E-state index is 12.5. The van der Waals surface area contributed by atoms with Crippen molar-refractivity contribution in [3.63, 3.8) is 0 Å². The van der Waals surface area contributed by atoms with Crippen molar-refractivity contribution in [2.24, 2.45) is 0 Å². The van der Waals surface area contributed by atoms with E-state index in [1.807, 2.05) is 31.1 Å². The largest absolute Gasteiger partial charge is 0.406 e. The summed E-state index contributed by atoms with van der Waals surface area (Å²) in [4.78, 5) is 14.4. The lowest BCUT2D eigenvalue weighted by molar-refractivity contribution is -0.159. The molecule has 1 aromatic rings. The maximum Gasteiger partial charge on any atom is 0.406 e. The van der Waals surface area contributed by atoms with E-state index in [4.69, 9.17) is 0 Å². The third kappa shape index (κ3) is 3.39. The molecule has 0 N–H and O–H groups in total. The molecule has 7 heteroatoms. The van der Waals surface area contributed by atoms with E-state index in [9.17, 15) is 18.0 Å². The number of thioether (sulfide) groups is 1. The summed E-state index contributed by atoms with van der Waals surface area (Å²) in [6.45, 7) is -1.20. The molecule has 3 nitrogen and oxygen atoms in total. The van der Waals surface area contributed by atoms with E-state index in [1.54, 1.807) is 12.1 Å². The van der Waals surface area contributed by atoms with Gasteiger partial charge in [0, 0.05) is 19.8 Å². The average molecular weight is 304 g/mol. The van der Waals surface area contributed by atoms with Gasteiger partial charge in [0.25, 0.3) is 0 Å². The van der Waals surface area contributed by atoms with Crippen molar-refractivity contribution in [1.29, 1.82) is 0 Å². The van der Waals surface area contributed by atoms with Crippen LogP contribution in [-0.4, -0.2) is 43.4 Å². The number of alkyl halides is 3. The number of amides is 1. The van der Waals surface area contributed by atoms with Crippen LogP contribution in [-0.2, 0) is 4.79 Å². The highest BCUT2D eigenvalue weighted by atomic mass is 32.2. The van der Waals surface area contributed by atoms with Crippen molar-refractivity contribution < 1.29 is 18.0 Å². The fraction of sp³-hybridized carbons (Fsp3) is 0.462. The molecule has 1 aliphatic heterocycles. The molecule has 0 saturated carbocycles. The number of anilines is 1. The normalized spacial score (nSPS) is 19.6. The van der Waals surface area contributed by atoms with E-state index in [0.29, 0.717) is 0 Å². The molecule has 0 spiro atoms. The quantitative estimate of drug-likeness (QED) is 0.858. The van der Waals surface area contributed by atoms with E-state index < -0.39 is 24.0 Å². The van der Waals surface area contributed by atoms with Gasteiger partial charge in [-0.2, -0.15) is 13.2 Å². The molecule has 1 aliphatic rings. The van der Waals surface area contributed by atoms with Crippen molar-refractivity contribution in [1.82, 2.24) is 4.90 Å². The molecule has 0 bridgehead atoms. The zero-order valence-corrected chi connectivity index (χ0v) is 12.0. The van der Waals surface area contributed by atoms with Crippen LogP contribution in [0.1, 0.15) is 10.9 Å². The number of halogens is 3. The second kappa shape index (κ2) is 5.55. The lowest BCUT2D eigenvalue weighted by Gasteiger charge is -2.25. The Morgan fingerprint density at radius 3 is 2.40 bits per heavy atom. The van der Waals surface area contributed by atoms with Gasteiger partial charge in [0.1, 0.15) is 11.9 Å². The number of carbonyl (C=O) groups is 1. The van der Waals surface area contributed by atoms with E-state index in [-0.39, 0.29) is 5.75 Å². The molecule has 1 saturated heterocycles. The molecule has 1 heterocycles. The van der Waals surface area contributed by atoms with Gasteiger partial charge in [-0.1, -0.05) is 12.1 Å². The monoisotopic (exact) mass is 304 g/mol. The Balaban J connectivity index is 2.19. The Morgan fingerprint density at radius 2 is 1.90 bits per heavy atom. The molecule has 0 aliphatic carbocycles. The zero-order valence-electron chi connectivity index (χ0n) is 11.1. The number of hydrogen-bond acceptors (Lipinski definition) is 3. The molecule has 1 fully saturated rings. The van der Waals surface area contributed by atoms with E-state index in [2.05, 4.69) is 0 Å². The molecule has 1 aromatic carbocycles. The van der Waals surface area contributed by atoms with E-state index in [1.165, 1.54) is 11.8 Å². The van der Waals surface area contributed by atoms with Gasteiger partial charge in [-0.3, -0.25) is 4.79 Å². The highest BCUT2D eigenvalue weighted by molar-refractivity contribution is 8.00. The predicted molar refractivity (Wildman–Crippen MR) is 73.7 cm³/mol. The van der Waals surface area contributed by atoms with Crippen LogP contribution >= 0.6 is 11.8 Å². The van der Waals surface area contributed by atoms with E-state index >= 15 is 0 Å². The van der Waals surface area contributed by atoms with Crippen LogP contribution in [0.2, 0.25) is 0 Å². The SMILES string of the molecule is CN(C)c1ccc(C2SCC(=O)N2CC(F)(F)F)cc1. The van der Waals surface area contributed by atoms with Gasteiger partial charge in [0.2, 0.25) is 5.91 Å². The van der Waals surface area contributed by atoms with Crippen LogP contribution in [0.3, 0.4) is 0 Å². The molecule has 1 amide bonds. The Labute approximate surface area is 119 Å². The first kappa shape index (κ1) is 15.0. The lowest BCUT2D eigenvalue weighted by atomic mass is 10.2. The van der Waals surface area contributed by atoms with Crippen molar-refractivity contribution in [3.05, 3.63) is 29.8 Å².